The van der Waals surface area contributed by atoms with Gasteiger partial charge in [0.15, 0.2) is 0 Å². The fourth-order valence-corrected chi connectivity index (χ4v) is 4.31. The Morgan fingerprint density at radius 1 is 1.07 bits per heavy atom. The third-order valence-corrected chi connectivity index (χ3v) is 6.16. The van der Waals surface area contributed by atoms with Crippen molar-refractivity contribution in [3.63, 3.8) is 0 Å². The lowest BCUT2D eigenvalue weighted by Gasteiger charge is -2.15. The summed E-state index contributed by atoms with van der Waals surface area (Å²) in [6, 6.07) is 14.2. The van der Waals surface area contributed by atoms with Gasteiger partial charge in [-0.2, -0.15) is 0 Å². The van der Waals surface area contributed by atoms with E-state index in [1.165, 1.54) is 0 Å². The number of aryl methyl sites for hydroxylation is 1. The summed E-state index contributed by atoms with van der Waals surface area (Å²) >= 11 is 3.43. The van der Waals surface area contributed by atoms with E-state index in [0.29, 0.717) is 12.8 Å². The molecule has 1 atom stereocenters. The van der Waals surface area contributed by atoms with Crippen LogP contribution >= 0.6 is 15.9 Å². The molecule has 0 radical (unpaired) electrons. The van der Waals surface area contributed by atoms with Crippen LogP contribution in [-0.4, -0.2) is 20.4 Å². The van der Waals surface area contributed by atoms with E-state index in [2.05, 4.69) is 26.0 Å². The number of halogens is 1. The topological polar surface area (TPSA) is 75.3 Å². The highest BCUT2D eigenvalue weighted by Crippen LogP contribution is 2.18. The molecule has 1 amide bonds. The first kappa shape index (κ1) is 21.6. The lowest BCUT2D eigenvalue weighted by atomic mass is 10.1. The van der Waals surface area contributed by atoms with E-state index in [9.17, 15) is 13.2 Å². The SMILES string of the molecule is CC(C)NS(=O)(=O)c1ccc(CCC(=O)NC(C)c2cccc(Br)c2)cc1. The molecule has 0 heterocycles. The predicted octanol–water partition coefficient (Wildman–Crippen LogP) is 3.95. The van der Waals surface area contributed by atoms with Crippen LogP contribution in [0.3, 0.4) is 0 Å². The minimum Gasteiger partial charge on any atom is -0.350 e. The molecule has 146 valence electrons. The summed E-state index contributed by atoms with van der Waals surface area (Å²) in [5, 5.41) is 2.99. The molecule has 0 aliphatic carbocycles. The number of amides is 1. The van der Waals surface area contributed by atoms with Crippen molar-refractivity contribution in [1.29, 1.82) is 0 Å². The Bertz CT molecular complexity index is 880. The summed E-state index contributed by atoms with van der Waals surface area (Å²) in [6.45, 7) is 5.50. The van der Waals surface area contributed by atoms with Gasteiger partial charge in [0.25, 0.3) is 0 Å². The Hall–Kier alpha value is -1.70. The molecule has 2 rings (SSSR count). The molecule has 0 aliphatic heterocycles. The van der Waals surface area contributed by atoms with Crippen molar-refractivity contribution >= 4 is 31.9 Å². The maximum atomic E-state index is 12.2. The van der Waals surface area contributed by atoms with Crippen molar-refractivity contribution in [2.45, 2.75) is 50.6 Å². The second-order valence-corrected chi connectivity index (χ2v) is 9.39. The molecule has 5 nitrogen and oxygen atoms in total. The first-order valence-corrected chi connectivity index (χ1v) is 11.1. The van der Waals surface area contributed by atoms with E-state index in [1.54, 1.807) is 38.1 Å². The Labute approximate surface area is 169 Å². The molecule has 0 aliphatic rings. The van der Waals surface area contributed by atoms with Gasteiger partial charge in [-0.1, -0.05) is 40.2 Å². The molecular formula is C20H25BrN2O3S. The summed E-state index contributed by atoms with van der Waals surface area (Å²) in [4.78, 5) is 12.4. The van der Waals surface area contributed by atoms with Gasteiger partial charge in [-0.3, -0.25) is 4.79 Å². The van der Waals surface area contributed by atoms with Crippen molar-refractivity contribution in [2.24, 2.45) is 0 Å². The van der Waals surface area contributed by atoms with Crippen molar-refractivity contribution in [3.05, 3.63) is 64.1 Å². The van der Waals surface area contributed by atoms with Gasteiger partial charge in [-0.15, -0.1) is 0 Å². The normalized spacial score (nSPS) is 12.8. The summed E-state index contributed by atoms with van der Waals surface area (Å²) < 4.78 is 27.8. The number of nitrogens with one attached hydrogen (secondary N) is 2. The van der Waals surface area contributed by atoms with Crippen LogP contribution in [0, 0.1) is 0 Å². The van der Waals surface area contributed by atoms with E-state index < -0.39 is 10.0 Å². The van der Waals surface area contributed by atoms with E-state index in [0.717, 1.165) is 15.6 Å². The van der Waals surface area contributed by atoms with Crippen molar-refractivity contribution < 1.29 is 13.2 Å². The molecule has 0 saturated carbocycles. The van der Waals surface area contributed by atoms with Crippen LogP contribution in [0.25, 0.3) is 0 Å². The summed E-state index contributed by atoms with van der Waals surface area (Å²) in [5.41, 5.74) is 1.95. The molecule has 2 aromatic carbocycles. The van der Waals surface area contributed by atoms with E-state index in [-0.39, 0.29) is 22.9 Å². The van der Waals surface area contributed by atoms with Crippen LogP contribution in [0.15, 0.2) is 57.9 Å². The van der Waals surface area contributed by atoms with Gasteiger partial charge in [0.2, 0.25) is 15.9 Å². The Morgan fingerprint density at radius 3 is 2.33 bits per heavy atom. The minimum atomic E-state index is -3.49. The second kappa shape index (κ2) is 9.48. The number of sulfonamides is 1. The maximum absolute atomic E-state index is 12.2. The molecule has 27 heavy (non-hydrogen) atoms. The van der Waals surface area contributed by atoms with Gasteiger partial charge in [-0.05, 0) is 62.6 Å². The quantitative estimate of drug-likeness (QED) is 0.636. The Kier molecular flexibility index (Phi) is 7.59. The van der Waals surface area contributed by atoms with Crippen LogP contribution in [0.1, 0.15) is 44.4 Å². The first-order chi connectivity index (χ1) is 12.7. The molecule has 0 spiro atoms. The zero-order valence-electron chi connectivity index (χ0n) is 15.7. The lowest BCUT2D eigenvalue weighted by molar-refractivity contribution is -0.121. The van der Waals surface area contributed by atoms with Crippen LogP contribution in [0.2, 0.25) is 0 Å². The first-order valence-electron chi connectivity index (χ1n) is 8.83. The third-order valence-electron chi connectivity index (χ3n) is 3.99. The number of benzene rings is 2. The fourth-order valence-electron chi connectivity index (χ4n) is 2.64. The molecule has 0 aromatic heterocycles. The van der Waals surface area contributed by atoms with Crippen LogP contribution < -0.4 is 10.0 Å². The standard InChI is InChI=1S/C20H25BrN2O3S/c1-14(2)23-27(25,26)19-10-7-16(8-11-19)9-12-20(24)22-15(3)17-5-4-6-18(21)13-17/h4-8,10-11,13-15,23H,9,12H2,1-3H3,(H,22,24). The van der Waals surface area contributed by atoms with Gasteiger partial charge < -0.3 is 5.32 Å². The maximum Gasteiger partial charge on any atom is 0.240 e. The third kappa shape index (κ3) is 6.75. The van der Waals surface area contributed by atoms with Gasteiger partial charge in [0.05, 0.1) is 10.9 Å². The molecule has 0 saturated heterocycles. The number of hydrogen-bond acceptors (Lipinski definition) is 3. The van der Waals surface area contributed by atoms with Gasteiger partial charge in [-0.25, -0.2) is 13.1 Å². The lowest BCUT2D eigenvalue weighted by Crippen LogP contribution is -2.30. The fraction of sp³-hybridized carbons (Fsp3) is 0.350. The highest BCUT2D eigenvalue weighted by Gasteiger charge is 2.15. The number of carbonyl (C=O) groups is 1. The highest BCUT2D eigenvalue weighted by atomic mass is 79.9. The molecule has 2 aromatic rings. The molecule has 0 bridgehead atoms. The van der Waals surface area contributed by atoms with Crippen LogP contribution in [-0.2, 0) is 21.2 Å². The van der Waals surface area contributed by atoms with E-state index in [4.69, 9.17) is 0 Å². The summed E-state index contributed by atoms with van der Waals surface area (Å²) in [6.07, 6.45) is 0.893. The van der Waals surface area contributed by atoms with Crippen LogP contribution in [0.4, 0.5) is 0 Å². The van der Waals surface area contributed by atoms with Gasteiger partial charge in [0.1, 0.15) is 0 Å². The van der Waals surface area contributed by atoms with E-state index in [1.807, 2.05) is 31.2 Å². The molecular weight excluding hydrogens is 428 g/mol. The number of hydrogen-bond donors (Lipinski definition) is 2. The zero-order valence-corrected chi connectivity index (χ0v) is 18.1. The second-order valence-electron chi connectivity index (χ2n) is 6.76. The Morgan fingerprint density at radius 2 is 1.74 bits per heavy atom. The summed E-state index contributed by atoms with van der Waals surface area (Å²) in [5.74, 6) is -0.0411. The molecule has 7 heteroatoms. The van der Waals surface area contributed by atoms with Gasteiger partial charge in [0, 0.05) is 16.9 Å². The zero-order chi connectivity index (χ0) is 20.0. The molecule has 0 fully saturated rings. The largest absolute Gasteiger partial charge is 0.350 e. The van der Waals surface area contributed by atoms with Crippen LogP contribution in [0.5, 0.6) is 0 Å². The minimum absolute atomic E-state index is 0.0411. The predicted molar refractivity (Wildman–Crippen MR) is 111 cm³/mol. The number of carbonyl (C=O) groups excluding carboxylic acids is 1. The smallest absolute Gasteiger partial charge is 0.240 e. The average Bonchev–Trinajstić information content (AvgIpc) is 2.59. The number of rotatable bonds is 8. The van der Waals surface area contributed by atoms with Crippen molar-refractivity contribution in [1.82, 2.24) is 10.0 Å². The molecule has 2 N–H and O–H groups in total. The Balaban J connectivity index is 1.90. The van der Waals surface area contributed by atoms with E-state index >= 15 is 0 Å². The monoisotopic (exact) mass is 452 g/mol. The van der Waals surface area contributed by atoms with Crippen molar-refractivity contribution in [3.8, 4) is 0 Å². The highest BCUT2D eigenvalue weighted by molar-refractivity contribution is 9.10. The summed E-state index contributed by atoms with van der Waals surface area (Å²) in [7, 11) is -3.49. The van der Waals surface area contributed by atoms with Crippen molar-refractivity contribution in [2.75, 3.05) is 0 Å². The van der Waals surface area contributed by atoms with Gasteiger partial charge >= 0.3 is 0 Å². The average molecular weight is 453 g/mol. The molecule has 1 unspecified atom stereocenters.